The largest absolute Gasteiger partial charge is 0.416 e. The number of hydrogen-bond acceptors (Lipinski definition) is 13. The monoisotopic (exact) mass is 903 g/mol. The van der Waals surface area contributed by atoms with Crippen molar-refractivity contribution in [3.05, 3.63) is 163 Å². The Hall–Kier alpha value is -7.06. The zero-order chi connectivity index (χ0) is 47.1. The number of rotatable bonds is 16. The van der Waals surface area contributed by atoms with E-state index in [-0.39, 0.29) is 26.4 Å². The Labute approximate surface area is 371 Å². The summed E-state index contributed by atoms with van der Waals surface area (Å²) in [7, 11) is 0. The number of nitrogen functional groups attached to an aromatic ring is 1. The lowest BCUT2D eigenvalue weighted by atomic mass is 10.2. The number of benzene rings is 6. The molecular weight excluding hydrogens is 857 g/mol. The Morgan fingerprint density at radius 1 is 0.354 bits per heavy atom. The molecule has 342 valence electrons. The van der Waals surface area contributed by atoms with Crippen LogP contribution in [-0.4, -0.2) is 73.0 Å². The molecule has 65 heavy (non-hydrogen) atoms. The number of aliphatic hydroxyl groups is 4. The first-order valence-electron chi connectivity index (χ1n) is 19.9. The number of alkyl halides is 6. The number of anilines is 3. The van der Waals surface area contributed by atoms with Gasteiger partial charge in [-0.15, -0.1) is 0 Å². The van der Waals surface area contributed by atoms with Gasteiger partial charge in [-0.2, -0.15) is 57.0 Å². The molecule has 6 N–H and O–H groups in total. The van der Waals surface area contributed by atoms with Gasteiger partial charge in [0.15, 0.2) is 0 Å². The molecule has 0 atom stereocenters. The lowest BCUT2D eigenvalue weighted by Gasteiger charge is -2.22. The number of nitrogens with zero attached hydrogens (tertiary/aromatic N) is 8. The van der Waals surface area contributed by atoms with Gasteiger partial charge in [-0.05, 0) is 133 Å². The van der Waals surface area contributed by atoms with E-state index in [1.54, 1.807) is 60.7 Å². The van der Waals surface area contributed by atoms with E-state index in [1.807, 2.05) is 52.3 Å². The normalized spacial score (nSPS) is 11.6. The quantitative estimate of drug-likeness (QED) is 0.0363. The van der Waals surface area contributed by atoms with Crippen LogP contribution in [0.3, 0.4) is 0 Å². The van der Waals surface area contributed by atoms with Gasteiger partial charge in [0.2, 0.25) is 0 Å². The van der Waals surface area contributed by atoms with E-state index in [0.717, 1.165) is 35.6 Å². The number of hydrogen-bond donors (Lipinski definition) is 5. The van der Waals surface area contributed by atoms with E-state index < -0.39 is 23.5 Å². The van der Waals surface area contributed by atoms with Crippen molar-refractivity contribution in [1.29, 1.82) is 0 Å². The van der Waals surface area contributed by atoms with E-state index in [1.165, 1.54) is 24.3 Å². The third kappa shape index (κ3) is 17.9. The van der Waals surface area contributed by atoms with Crippen LogP contribution in [0, 0.1) is 0 Å². The molecule has 19 heteroatoms. The maximum absolute atomic E-state index is 12.6. The van der Waals surface area contributed by atoms with E-state index in [9.17, 15) is 26.3 Å². The van der Waals surface area contributed by atoms with Crippen LogP contribution in [0.2, 0.25) is 0 Å². The molecule has 13 nitrogen and oxygen atoms in total. The fraction of sp³-hybridized carbons (Fsp3) is 0.217. The van der Waals surface area contributed by atoms with Crippen molar-refractivity contribution in [2.75, 3.05) is 68.1 Å². The summed E-state index contributed by atoms with van der Waals surface area (Å²) < 4.78 is 74.8. The summed E-state index contributed by atoms with van der Waals surface area (Å²) in [6, 6.07) is 39.3. The molecule has 0 aliphatic carbocycles. The number of para-hydroxylation sites is 1. The third-order valence-corrected chi connectivity index (χ3v) is 8.79. The molecule has 0 radical (unpaired) electrons. The van der Waals surface area contributed by atoms with E-state index in [0.29, 0.717) is 66.0 Å². The second-order valence-corrected chi connectivity index (χ2v) is 13.5. The van der Waals surface area contributed by atoms with Crippen molar-refractivity contribution < 1.29 is 46.8 Å². The lowest BCUT2D eigenvalue weighted by Crippen LogP contribution is -2.29. The first-order chi connectivity index (χ1) is 31.2. The molecular formula is C46H47F6N9O4. The molecule has 0 heterocycles. The highest BCUT2D eigenvalue weighted by atomic mass is 19.4. The molecule has 0 bridgehead atoms. The van der Waals surface area contributed by atoms with E-state index >= 15 is 0 Å². The third-order valence-electron chi connectivity index (χ3n) is 8.79. The van der Waals surface area contributed by atoms with Crippen LogP contribution in [0.25, 0.3) is 0 Å². The van der Waals surface area contributed by atoms with Crippen molar-refractivity contribution in [2.24, 2.45) is 30.7 Å². The molecule has 0 amide bonds. The van der Waals surface area contributed by atoms with Gasteiger partial charge in [0.25, 0.3) is 0 Å². The van der Waals surface area contributed by atoms with Crippen molar-refractivity contribution >= 4 is 51.2 Å². The maximum atomic E-state index is 12.6. The summed E-state index contributed by atoms with van der Waals surface area (Å²) in [6.45, 7) is 2.15. The topological polar surface area (TPSA) is 188 Å². The summed E-state index contributed by atoms with van der Waals surface area (Å²) in [5, 5.41) is 59.9. The molecule has 0 saturated carbocycles. The SMILES string of the molecule is Nc1ccc(N=Nc2ccc(C(F)(F)F)cc2)cc1.OCCN(CCO)c1ccc(N=Nc2ccc(N=Nc3ccc(C(F)(F)F)cc3)cc2)cc1.OCCN(CCO)c1ccccc1. The van der Waals surface area contributed by atoms with Gasteiger partial charge in [0.1, 0.15) is 0 Å². The molecule has 0 spiro atoms. The number of halogens is 6. The summed E-state index contributed by atoms with van der Waals surface area (Å²) in [6.07, 6.45) is -8.73. The van der Waals surface area contributed by atoms with Gasteiger partial charge in [-0.25, -0.2) is 0 Å². The minimum absolute atomic E-state index is 0.0125. The molecule has 0 aromatic heterocycles. The van der Waals surface area contributed by atoms with Crippen molar-refractivity contribution in [2.45, 2.75) is 12.4 Å². The molecule has 0 fully saturated rings. The van der Waals surface area contributed by atoms with Crippen LogP contribution in [0.4, 0.5) is 77.5 Å². The smallest absolute Gasteiger partial charge is 0.399 e. The predicted molar refractivity (Wildman–Crippen MR) is 238 cm³/mol. The van der Waals surface area contributed by atoms with Gasteiger partial charge in [0.05, 0.1) is 71.7 Å². The lowest BCUT2D eigenvalue weighted by molar-refractivity contribution is -0.138. The highest BCUT2D eigenvalue weighted by molar-refractivity contribution is 5.54. The minimum atomic E-state index is -4.39. The first kappa shape index (κ1) is 50.6. The first-order valence-corrected chi connectivity index (χ1v) is 19.9. The molecule has 0 unspecified atom stereocenters. The number of azo groups is 3. The second kappa shape index (κ2) is 25.9. The van der Waals surface area contributed by atoms with Crippen LogP contribution in [0.1, 0.15) is 11.1 Å². The van der Waals surface area contributed by atoms with Crippen LogP contribution < -0.4 is 15.5 Å². The van der Waals surface area contributed by atoms with Gasteiger partial charge in [-0.3, -0.25) is 0 Å². The molecule has 6 aromatic carbocycles. The van der Waals surface area contributed by atoms with Crippen LogP contribution >= 0.6 is 0 Å². The standard InChI is InChI=1S/C23H22F3N5O2.C13H10F3N3.C10H15NO2/c24-23(25,26)17-1-3-18(4-2-17)27-28-19-5-7-20(8-6-19)29-30-21-9-11-22(12-10-21)31(13-15-32)14-16-33;14-13(15,16)9-1-5-11(6-2-9)18-19-12-7-3-10(17)4-8-12;12-8-6-11(7-9-13)10-4-2-1-3-5-10/h1-12,32-33H,13-16H2;1-8H,17H2;1-5,12-13H,6-9H2. The Kier molecular flexibility index (Phi) is 20.2. The van der Waals surface area contributed by atoms with Crippen molar-refractivity contribution in [1.82, 2.24) is 0 Å². The molecule has 0 aliphatic heterocycles. The molecule has 6 aromatic rings. The fourth-order valence-electron chi connectivity index (χ4n) is 5.50. The van der Waals surface area contributed by atoms with Crippen LogP contribution in [0.15, 0.2) is 182 Å². The fourth-order valence-corrected chi connectivity index (χ4v) is 5.50. The average molecular weight is 904 g/mol. The Bertz CT molecular complexity index is 2340. The van der Waals surface area contributed by atoms with Gasteiger partial charge >= 0.3 is 12.4 Å². The highest BCUT2D eigenvalue weighted by Gasteiger charge is 2.30. The zero-order valence-corrected chi connectivity index (χ0v) is 34.8. The van der Waals surface area contributed by atoms with Crippen molar-refractivity contribution in [3.8, 4) is 0 Å². The van der Waals surface area contributed by atoms with Crippen LogP contribution in [-0.2, 0) is 12.4 Å². The van der Waals surface area contributed by atoms with Gasteiger partial charge < -0.3 is 36.0 Å². The summed E-state index contributed by atoms with van der Waals surface area (Å²) in [5.74, 6) is 0. The van der Waals surface area contributed by atoms with Crippen LogP contribution in [0.5, 0.6) is 0 Å². The zero-order valence-electron chi connectivity index (χ0n) is 34.8. The maximum Gasteiger partial charge on any atom is 0.416 e. The number of nitrogens with two attached hydrogens (primary N) is 1. The summed E-state index contributed by atoms with van der Waals surface area (Å²) >= 11 is 0. The van der Waals surface area contributed by atoms with E-state index in [2.05, 4.69) is 30.7 Å². The average Bonchev–Trinajstić information content (AvgIpc) is 3.31. The minimum Gasteiger partial charge on any atom is -0.399 e. The molecule has 0 saturated heterocycles. The van der Waals surface area contributed by atoms with Crippen molar-refractivity contribution in [3.63, 3.8) is 0 Å². The van der Waals surface area contributed by atoms with E-state index in [4.69, 9.17) is 26.2 Å². The Morgan fingerprint density at radius 2 is 0.600 bits per heavy atom. The second-order valence-electron chi connectivity index (χ2n) is 13.5. The molecule has 6 rings (SSSR count). The Balaban J connectivity index is 0.000000242. The number of aliphatic hydroxyl groups excluding tert-OH is 4. The van der Waals surface area contributed by atoms with Gasteiger partial charge in [0, 0.05) is 43.2 Å². The molecule has 0 aliphatic rings. The highest BCUT2D eigenvalue weighted by Crippen LogP contribution is 2.32. The Morgan fingerprint density at radius 3 is 0.877 bits per heavy atom. The summed E-state index contributed by atoms with van der Waals surface area (Å²) in [4.78, 5) is 3.80. The summed E-state index contributed by atoms with van der Waals surface area (Å²) in [5.41, 5.74) is 9.55. The van der Waals surface area contributed by atoms with Gasteiger partial charge in [-0.1, -0.05) is 18.2 Å². The predicted octanol–water partition coefficient (Wildman–Crippen LogP) is 11.5.